The summed E-state index contributed by atoms with van der Waals surface area (Å²) in [4.78, 5) is 12.4. The molecule has 1 aliphatic heterocycles. The van der Waals surface area contributed by atoms with Crippen LogP contribution in [0, 0.1) is 5.41 Å². The molecule has 17 heavy (non-hydrogen) atoms. The summed E-state index contributed by atoms with van der Waals surface area (Å²) in [5, 5.41) is 3.18. The topological polar surface area (TPSA) is 64.4 Å². The van der Waals surface area contributed by atoms with Gasteiger partial charge in [-0.15, -0.1) is 0 Å². The van der Waals surface area contributed by atoms with Gasteiger partial charge in [0.05, 0.1) is 5.41 Å². The fourth-order valence-electron chi connectivity index (χ4n) is 2.93. The Morgan fingerprint density at radius 1 is 1.24 bits per heavy atom. The van der Waals surface area contributed by atoms with Gasteiger partial charge in [0.25, 0.3) is 0 Å². The van der Waals surface area contributed by atoms with Crippen molar-refractivity contribution in [3.63, 3.8) is 0 Å². The number of ether oxygens (including phenoxy) is 1. The zero-order valence-electron chi connectivity index (χ0n) is 10.5. The van der Waals surface area contributed by atoms with Crippen molar-refractivity contribution in [1.29, 1.82) is 0 Å². The zero-order chi connectivity index (χ0) is 12.1. The maximum Gasteiger partial charge on any atom is 0.227 e. The second kappa shape index (κ2) is 5.83. The summed E-state index contributed by atoms with van der Waals surface area (Å²) in [5.74, 6) is 0.187. The van der Waals surface area contributed by atoms with Crippen LogP contribution in [0.3, 0.4) is 0 Å². The average Bonchev–Trinajstić information content (AvgIpc) is 2.40. The van der Waals surface area contributed by atoms with Crippen molar-refractivity contribution in [2.24, 2.45) is 11.1 Å². The van der Waals surface area contributed by atoms with Gasteiger partial charge in [0.2, 0.25) is 5.91 Å². The van der Waals surface area contributed by atoms with Crippen molar-refractivity contribution < 1.29 is 9.53 Å². The first kappa shape index (κ1) is 12.8. The lowest BCUT2D eigenvalue weighted by molar-refractivity contribution is -0.133. The highest BCUT2D eigenvalue weighted by Gasteiger charge is 2.38. The summed E-state index contributed by atoms with van der Waals surface area (Å²) in [7, 11) is 0. The number of carbonyl (C=O) groups excluding carboxylic acids is 1. The number of nitrogens with two attached hydrogens (primary N) is 1. The Morgan fingerprint density at radius 2 is 1.88 bits per heavy atom. The zero-order valence-corrected chi connectivity index (χ0v) is 10.5. The lowest BCUT2D eigenvalue weighted by Crippen LogP contribution is -2.51. The predicted octanol–water partition coefficient (Wildman–Crippen LogP) is 1.19. The first-order chi connectivity index (χ1) is 8.27. The SMILES string of the molecule is NCC1(C(=O)NC2CCOCC2)CCCCC1. The fourth-order valence-corrected chi connectivity index (χ4v) is 2.93. The van der Waals surface area contributed by atoms with Crippen molar-refractivity contribution in [2.45, 2.75) is 51.0 Å². The van der Waals surface area contributed by atoms with Crippen molar-refractivity contribution in [1.82, 2.24) is 5.32 Å². The van der Waals surface area contributed by atoms with Crippen LogP contribution in [-0.2, 0) is 9.53 Å². The van der Waals surface area contributed by atoms with Crippen LogP contribution in [0.25, 0.3) is 0 Å². The van der Waals surface area contributed by atoms with Crippen LogP contribution in [0.15, 0.2) is 0 Å². The molecule has 2 rings (SSSR count). The van der Waals surface area contributed by atoms with Crippen LogP contribution in [0.2, 0.25) is 0 Å². The molecule has 0 aromatic rings. The highest BCUT2D eigenvalue weighted by molar-refractivity contribution is 5.83. The van der Waals surface area contributed by atoms with Gasteiger partial charge in [0.15, 0.2) is 0 Å². The van der Waals surface area contributed by atoms with E-state index in [1.807, 2.05) is 0 Å². The van der Waals surface area contributed by atoms with E-state index in [1.165, 1.54) is 6.42 Å². The number of hydrogen-bond donors (Lipinski definition) is 2. The third-order valence-electron chi connectivity index (χ3n) is 4.24. The molecule has 3 N–H and O–H groups in total. The average molecular weight is 240 g/mol. The Balaban J connectivity index is 1.91. The Hall–Kier alpha value is -0.610. The van der Waals surface area contributed by atoms with E-state index in [0.29, 0.717) is 12.6 Å². The van der Waals surface area contributed by atoms with Gasteiger partial charge in [-0.25, -0.2) is 0 Å². The van der Waals surface area contributed by atoms with E-state index in [-0.39, 0.29) is 11.3 Å². The lowest BCUT2D eigenvalue weighted by atomic mass is 9.73. The van der Waals surface area contributed by atoms with Crippen LogP contribution >= 0.6 is 0 Å². The highest BCUT2D eigenvalue weighted by Crippen LogP contribution is 2.35. The van der Waals surface area contributed by atoms with E-state index >= 15 is 0 Å². The van der Waals surface area contributed by atoms with Crippen molar-refractivity contribution in [2.75, 3.05) is 19.8 Å². The molecule has 0 atom stereocenters. The minimum atomic E-state index is -0.281. The molecule has 1 aliphatic carbocycles. The van der Waals surface area contributed by atoms with E-state index in [4.69, 9.17) is 10.5 Å². The summed E-state index contributed by atoms with van der Waals surface area (Å²) in [5.41, 5.74) is 5.58. The molecule has 0 aromatic heterocycles. The maximum atomic E-state index is 12.4. The monoisotopic (exact) mass is 240 g/mol. The van der Waals surface area contributed by atoms with Crippen molar-refractivity contribution in [3.8, 4) is 0 Å². The summed E-state index contributed by atoms with van der Waals surface area (Å²) in [6, 6.07) is 0.293. The van der Waals surface area contributed by atoms with E-state index in [9.17, 15) is 4.79 Å². The molecule has 1 saturated carbocycles. The number of hydrogen-bond acceptors (Lipinski definition) is 3. The third-order valence-corrected chi connectivity index (χ3v) is 4.24. The molecule has 1 amide bonds. The van der Waals surface area contributed by atoms with E-state index < -0.39 is 0 Å². The van der Waals surface area contributed by atoms with Gasteiger partial charge in [-0.3, -0.25) is 4.79 Å². The first-order valence-corrected chi connectivity index (χ1v) is 6.86. The number of amides is 1. The smallest absolute Gasteiger partial charge is 0.227 e. The molecular weight excluding hydrogens is 216 g/mol. The van der Waals surface area contributed by atoms with Crippen LogP contribution < -0.4 is 11.1 Å². The van der Waals surface area contributed by atoms with Gasteiger partial charge in [-0.2, -0.15) is 0 Å². The minimum Gasteiger partial charge on any atom is -0.381 e. The largest absolute Gasteiger partial charge is 0.381 e. The van der Waals surface area contributed by atoms with E-state index in [0.717, 1.165) is 51.7 Å². The first-order valence-electron chi connectivity index (χ1n) is 6.86. The molecule has 4 heteroatoms. The molecular formula is C13H24N2O2. The lowest BCUT2D eigenvalue weighted by Gasteiger charge is -2.36. The highest BCUT2D eigenvalue weighted by atomic mass is 16.5. The van der Waals surface area contributed by atoms with Gasteiger partial charge >= 0.3 is 0 Å². The van der Waals surface area contributed by atoms with Crippen LogP contribution in [0.4, 0.5) is 0 Å². The second-order valence-electron chi connectivity index (χ2n) is 5.41. The van der Waals surface area contributed by atoms with Crippen LogP contribution in [0.5, 0.6) is 0 Å². The fraction of sp³-hybridized carbons (Fsp3) is 0.923. The third kappa shape index (κ3) is 2.99. The van der Waals surface area contributed by atoms with E-state index in [1.54, 1.807) is 0 Å². The van der Waals surface area contributed by atoms with Crippen LogP contribution in [-0.4, -0.2) is 31.7 Å². The van der Waals surface area contributed by atoms with Gasteiger partial charge in [-0.05, 0) is 25.7 Å². The van der Waals surface area contributed by atoms with Gasteiger partial charge in [0, 0.05) is 25.8 Å². The molecule has 1 saturated heterocycles. The van der Waals surface area contributed by atoms with Crippen LogP contribution in [0.1, 0.15) is 44.9 Å². The summed E-state index contributed by atoms with van der Waals surface area (Å²) < 4.78 is 5.30. The Morgan fingerprint density at radius 3 is 2.47 bits per heavy atom. The summed E-state index contributed by atoms with van der Waals surface area (Å²) in [6.45, 7) is 2.02. The Labute approximate surface area is 103 Å². The predicted molar refractivity (Wildman–Crippen MR) is 66.6 cm³/mol. The molecule has 0 radical (unpaired) electrons. The molecule has 98 valence electrons. The number of carbonyl (C=O) groups is 1. The number of rotatable bonds is 3. The summed E-state index contributed by atoms with van der Waals surface area (Å²) in [6.07, 6.45) is 7.30. The molecule has 0 spiro atoms. The molecule has 1 heterocycles. The minimum absolute atomic E-state index is 0.187. The Bertz CT molecular complexity index is 256. The molecule has 0 bridgehead atoms. The quantitative estimate of drug-likeness (QED) is 0.779. The second-order valence-corrected chi connectivity index (χ2v) is 5.41. The van der Waals surface area contributed by atoms with Gasteiger partial charge in [-0.1, -0.05) is 19.3 Å². The molecule has 0 aromatic carbocycles. The molecule has 4 nitrogen and oxygen atoms in total. The van der Waals surface area contributed by atoms with Crippen molar-refractivity contribution >= 4 is 5.91 Å². The summed E-state index contributed by atoms with van der Waals surface area (Å²) >= 11 is 0. The molecule has 2 fully saturated rings. The van der Waals surface area contributed by atoms with Crippen molar-refractivity contribution in [3.05, 3.63) is 0 Å². The molecule has 0 unspecified atom stereocenters. The Kier molecular flexibility index (Phi) is 4.40. The normalized spacial score (nSPS) is 25.5. The maximum absolute atomic E-state index is 12.4. The number of nitrogens with one attached hydrogen (secondary N) is 1. The van der Waals surface area contributed by atoms with Gasteiger partial charge < -0.3 is 15.8 Å². The molecule has 2 aliphatic rings. The van der Waals surface area contributed by atoms with E-state index in [2.05, 4.69) is 5.32 Å². The standard InChI is InChI=1S/C13H24N2O2/c14-10-13(6-2-1-3-7-13)12(16)15-11-4-8-17-9-5-11/h11H,1-10,14H2,(H,15,16). The van der Waals surface area contributed by atoms with Gasteiger partial charge in [0.1, 0.15) is 0 Å².